The van der Waals surface area contributed by atoms with Gasteiger partial charge in [0.1, 0.15) is 0 Å². The van der Waals surface area contributed by atoms with E-state index in [1.54, 1.807) is 0 Å². The van der Waals surface area contributed by atoms with Crippen molar-refractivity contribution in [3.8, 4) is 0 Å². The van der Waals surface area contributed by atoms with Crippen LogP contribution >= 0.6 is 11.8 Å². The number of aromatic amines is 1. The summed E-state index contributed by atoms with van der Waals surface area (Å²) in [6, 6.07) is 8.14. The molecule has 0 aliphatic rings. The number of carbonyl (C=O) groups is 1. The van der Waals surface area contributed by atoms with E-state index >= 15 is 0 Å². The molecule has 2 rings (SSSR count). The van der Waals surface area contributed by atoms with Crippen LogP contribution < -0.4 is 5.32 Å². The lowest BCUT2D eigenvalue weighted by atomic mass is 10.1. The minimum absolute atomic E-state index is 0.0736. The molecule has 114 valence electrons. The van der Waals surface area contributed by atoms with Gasteiger partial charge in [0.05, 0.1) is 16.8 Å². The molecule has 0 radical (unpaired) electrons. The van der Waals surface area contributed by atoms with Crippen molar-refractivity contribution in [3.05, 3.63) is 24.3 Å². The van der Waals surface area contributed by atoms with E-state index < -0.39 is 0 Å². The Kier molecular flexibility index (Phi) is 6.11. The average molecular weight is 305 g/mol. The minimum Gasteiger partial charge on any atom is -0.353 e. The second-order valence-corrected chi connectivity index (χ2v) is 6.28. The highest BCUT2D eigenvalue weighted by molar-refractivity contribution is 7.99. The van der Waals surface area contributed by atoms with Crippen LogP contribution in [0.3, 0.4) is 0 Å². The number of benzene rings is 1. The highest BCUT2D eigenvalue weighted by Gasteiger charge is 2.09. The molecule has 1 heterocycles. The van der Waals surface area contributed by atoms with Gasteiger partial charge in [0.25, 0.3) is 0 Å². The monoisotopic (exact) mass is 305 g/mol. The largest absolute Gasteiger partial charge is 0.353 e. The Morgan fingerprint density at radius 2 is 2.19 bits per heavy atom. The summed E-state index contributed by atoms with van der Waals surface area (Å²) < 4.78 is 0. The zero-order valence-corrected chi connectivity index (χ0v) is 13.5. The van der Waals surface area contributed by atoms with E-state index in [1.165, 1.54) is 31.0 Å². The van der Waals surface area contributed by atoms with E-state index in [1.807, 2.05) is 24.3 Å². The number of para-hydroxylation sites is 2. The molecule has 2 aromatic rings. The summed E-state index contributed by atoms with van der Waals surface area (Å²) in [5.41, 5.74) is 1.95. The summed E-state index contributed by atoms with van der Waals surface area (Å²) in [4.78, 5) is 19.6. The lowest BCUT2D eigenvalue weighted by Crippen LogP contribution is -2.33. The fourth-order valence-electron chi connectivity index (χ4n) is 2.22. The number of unbranched alkanes of at least 4 members (excludes halogenated alkanes) is 2. The Labute approximate surface area is 130 Å². The molecule has 5 heteroatoms. The number of hydrogen-bond acceptors (Lipinski definition) is 3. The van der Waals surface area contributed by atoms with Crippen molar-refractivity contribution in [1.82, 2.24) is 15.3 Å². The second kappa shape index (κ2) is 8.08. The molecule has 0 saturated heterocycles. The number of thioether (sulfide) groups is 1. The maximum absolute atomic E-state index is 11.9. The van der Waals surface area contributed by atoms with Crippen LogP contribution in [0.1, 0.15) is 39.5 Å². The van der Waals surface area contributed by atoms with Gasteiger partial charge in [-0.25, -0.2) is 4.98 Å². The number of fused-ring (bicyclic) bond motifs is 1. The Balaban J connectivity index is 1.75. The summed E-state index contributed by atoms with van der Waals surface area (Å²) >= 11 is 1.45. The molecule has 1 aromatic heterocycles. The third kappa shape index (κ3) is 5.08. The normalized spacial score (nSPS) is 12.5. The topological polar surface area (TPSA) is 57.8 Å². The number of nitrogens with zero attached hydrogens (tertiary/aromatic N) is 1. The number of carbonyl (C=O) groups excluding carboxylic acids is 1. The van der Waals surface area contributed by atoms with E-state index in [9.17, 15) is 4.79 Å². The van der Waals surface area contributed by atoms with Gasteiger partial charge in [-0.3, -0.25) is 4.79 Å². The molecule has 21 heavy (non-hydrogen) atoms. The third-order valence-corrected chi connectivity index (χ3v) is 4.23. The number of imidazole rings is 1. The standard InChI is InChI=1S/C16H23N3OS/c1-3-4-5-8-12(2)17-15(20)11-21-16-18-13-9-6-7-10-14(13)19-16/h6-7,9-10,12H,3-5,8,11H2,1-2H3,(H,17,20)(H,18,19)/t12-/m0/s1. The summed E-state index contributed by atoms with van der Waals surface area (Å²) in [5.74, 6) is 0.474. The van der Waals surface area contributed by atoms with Crippen molar-refractivity contribution >= 4 is 28.7 Å². The molecule has 0 aliphatic carbocycles. The fraction of sp³-hybridized carbons (Fsp3) is 0.500. The first-order valence-electron chi connectivity index (χ1n) is 7.56. The minimum atomic E-state index is 0.0736. The van der Waals surface area contributed by atoms with Crippen molar-refractivity contribution in [2.45, 2.75) is 50.7 Å². The van der Waals surface area contributed by atoms with Gasteiger partial charge in [0.2, 0.25) is 5.91 Å². The first-order valence-corrected chi connectivity index (χ1v) is 8.54. The van der Waals surface area contributed by atoms with Crippen molar-refractivity contribution in [2.75, 3.05) is 5.75 Å². The lowest BCUT2D eigenvalue weighted by molar-refractivity contribution is -0.119. The first-order chi connectivity index (χ1) is 10.2. The molecule has 1 amide bonds. The third-order valence-electron chi connectivity index (χ3n) is 3.36. The van der Waals surface area contributed by atoms with Crippen molar-refractivity contribution in [2.24, 2.45) is 0 Å². The molecule has 0 saturated carbocycles. The smallest absolute Gasteiger partial charge is 0.230 e. The number of nitrogens with one attached hydrogen (secondary N) is 2. The van der Waals surface area contributed by atoms with Crippen LogP contribution in [0.25, 0.3) is 11.0 Å². The van der Waals surface area contributed by atoms with E-state index in [-0.39, 0.29) is 11.9 Å². The molecule has 1 atom stereocenters. The van der Waals surface area contributed by atoms with Gasteiger partial charge in [0, 0.05) is 6.04 Å². The Hall–Kier alpha value is -1.49. The predicted octanol–water partition coefficient (Wildman–Crippen LogP) is 3.74. The summed E-state index contributed by atoms with van der Waals surface area (Å²) in [6.45, 7) is 4.26. The maximum Gasteiger partial charge on any atom is 0.230 e. The van der Waals surface area contributed by atoms with E-state index in [0.29, 0.717) is 5.75 Å². The van der Waals surface area contributed by atoms with Gasteiger partial charge in [0.15, 0.2) is 5.16 Å². The number of amides is 1. The van der Waals surface area contributed by atoms with Crippen LogP contribution in [0.15, 0.2) is 29.4 Å². The zero-order chi connectivity index (χ0) is 15.1. The van der Waals surface area contributed by atoms with Crippen LogP contribution in [0.4, 0.5) is 0 Å². The van der Waals surface area contributed by atoms with E-state index in [2.05, 4.69) is 29.1 Å². The van der Waals surface area contributed by atoms with Gasteiger partial charge in [-0.05, 0) is 25.5 Å². The molecule has 0 fully saturated rings. The highest BCUT2D eigenvalue weighted by atomic mass is 32.2. The van der Waals surface area contributed by atoms with Crippen LogP contribution in [-0.2, 0) is 4.79 Å². The summed E-state index contributed by atoms with van der Waals surface area (Å²) in [7, 11) is 0. The Morgan fingerprint density at radius 3 is 2.95 bits per heavy atom. The first kappa shape index (κ1) is 15.9. The van der Waals surface area contributed by atoms with Crippen molar-refractivity contribution in [1.29, 1.82) is 0 Å². The van der Waals surface area contributed by atoms with Gasteiger partial charge >= 0.3 is 0 Å². The molecule has 0 bridgehead atoms. The SMILES string of the molecule is CCCCC[C@H](C)NC(=O)CSc1nc2ccccc2[nH]1. The Morgan fingerprint density at radius 1 is 1.38 bits per heavy atom. The molecule has 4 nitrogen and oxygen atoms in total. The fourth-order valence-corrected chi connectivity index (χ4v) is 2.92. The van der Waals surface area contributed by atoms with Gasteiger partial charge < -0.3 is 10.3 Å². The highest BCUT2D eigenvalue weighted by Crippen LogP contribution is 2.18. The molecule has 0 aliphatic heterocycles. The lowest BCUT2D eigenvalue weighted by Gasteiger charge is -2.12. The van der Waals surface area contributed by atoms with Gasteiger partial charge in [-0.2, -0.15) is 0 Å². The predicted molar refractivity (Wildman–Crippen MR) is 88.6 cm³/mol. The van der Waals surface area contributed by atoms with Crippen molar-refractivity contribution < 1.29 is 4.79 Å². The number of aromatic nitrogens is 2. The molecular weight excluding hydrogens is 282 g/mol. The van der Waals surface area contributed by atoms with Crippen LogP contribution in [0, 0.1) is 0 Å². The van der Waals surface area contributed by atoms with Crippen LogP contribution in [-0.4, -0.2) is 27.7 Å². The maximum atomic E-state index is 11.9. The van der Waals surface area contributed by atoms with Crippen molar-refractivity contribution in [3.63, 3.8) is 0 Å². The number of H-pyrrole nitrogens is 1. The molecule has 1 aromatic carbocycles. The summed E-state index contributed by atoms with van der Waals surface area (Å²) in [5, 5.41) is 3.84. The van der Waals surface area contributed by atoms with E-state index in [0.717, 1.165) is 22.6 Å². The van der Waals surface area contributed by atoms with Crippen LogP contribution in [0.5, 0.6) is 0 Å². The number of rotatable bonds is 8. The van der Waals surface area contributed by atoms with E-state index in [4.69, 9.17) is 0 Å². The molecule has 0 unspecified atom stereocenters. The summed E-state index contributed by atoms with van der Waals surface area (Å²) in [6.07, 6.45) is 4.67. The van der Waals surface area contributed by atoms with Gasteiger partial charge in [-0.15, -0.1) is 0 Å². The second-order valence-electron chi connectivity index (χ2n) is 5.31. The van der Waals surface area contributed by atoms with Crippen LogP contribution in [0.2, 0.25) is 0 Å². The average Bonchev–Trinajstić information content (AvgIpc) is 2.88. The molecular formula is C16H23N3OS. The molecule has 0 spiro atoms. The quantitative estimate of drug-likeness (QED) is 0.577. The van der Waals surface area contributed by atoms with Gasteiger partial charge in [-0.1, -0.05) is 50.1 Å². The zero-order valence-electron chi connectivity index (χ0n) is 12.7. The Bertz CT molecular complexity index is 549. The molecule has 2 N–H and O–H groups in total. The number of hydrogen-bond donors (Lipinski definition) is 2.